The molecule has 0 spiro atoms. The SMILES string of the molecule is O=C(Cc1ccccc1[N+](=O)[O-])OCc1cn(-c2cc3ccccc3oc2=O)nn1. The summed E-state index contributed by atoms with van der Waals surface area (Å²) >= 11 is 0. The van der Waals surface area contributed by atoms with Crippen LogP contribution in [0.1, 0.15) is 11.3 Å². The molecule has 30 heavy (non-hydrogen) atoms. The zero-order valence-electron chi connectivity index (χ0n) is 15.4. The minimum Gasteiger partial charge on any atom is -0.459 e. The van der Waals surface area contributed by atoms with Crippen LogP contribution in [0.4, 0.5) is 5.69 Å². The molecule has 0 aliphatic rings. The third-order valence-corrected chi connectivity index (χ3v) is 4.31. The van der Waals surface area contributed by atoms with Crippen molar-refractivity contribution in [1.82, 2.24) is 15.0 Å². The molecule has 0 bridgehead atoms. The van der Waals surface area contributed by atoms with Crippen molar-refractivity contribution in [1.29, 1.82) is 0 Å². The van der Waals surface area contributed by atoms with E-state index in [0.29, 0.717) is 11.3 Å². The van der Waals surface area contributed by atoms with Gasteiger partial charge in [-0.15, -0.1) is 5.10 Å². The Labute approximate surface area is 168 Å². The van der Waals surface area contributed by atoms with E-state index in [2.05, 4.69) is 10.3 Å². The molecule has 0 saturated heterocycles. The minimum absolute atomic E-state index is 0.150. The highest BCUT2D eigenvalue weighted by Crippen LogP contribution is 2.19. The monoisotopic (exact) mass is 406 g/mol. The number of hydrogen-bond donors (Lipinski definition) is 0. The van der Waals surface area contributed by atoms with Crippen LogP contribution in [-0.2, 0) is 22.6 Å². The van der Waals surface area contributed by atoms with Crippen LogP contribution < -0.4 is 5.63 Å². The molecule has 10 nitrogen and oxygen atoms in total. The summed E-state index contributed by atoms with van der Waals surface area (Å²) in [5.41, 5.74) is 0.444. The van der Waals surface area contributed by atoms with E-state index in [1.807, 2.05) is 6.07 Å². The van der Waals surface area contributed by atoms with Crippen LogP contribution in [0.15, 0.2) is 70.0 Å². The van der Waals surface area contributed by atoms with Crippen LogP contribution in [0.3, 0.4) is 0 Å². The van der Waals surface area contributed by atoms with Crippen molar-refractivity contribution in [3.05, 3.63) is 92.6 Å². The summed E-state index contributed by atoms with van der Waals surface area (Å²) < 4.78 is 11.6. The predicted octanol–water partition coefficient (Wildman–Crippen LogP) is 2.57. The van der Waals surface area contributed by atoms with E-state index < -0.39 is 16.5 Å². The minimum atomic E-state index is -0.649. The lowest BCUT2D eigenvalue weighted by atomic mass is 10.1. The summed E-state index contributed by atoms with van der Waals surface area (Å²) in [6, 6.07) is 14.6. The Morgan fingerprint density at radius 2 is 1.93 bits per heavy atom. The van der Waals surface area contributed by atoms with E-state index in [9.17, 15) is 19.7 Å². The second kappa shape index (κ2) is 7.95. The summed E-state index contributed by atoms with van der Waals surface area (Å²) in [5, 5.41) is 19.5. The van der Waals surface area contributed by atoms with Crippen molar-refractivity contribution < 1.29 is 18.9 Å². The first-order valence-electron chi connectivity index (χ1n) is 8.83. The molecular formula is C20H14N4O6. The third kappa shape index (κ3) is 3.92. The lowest BCUT2D eigenvalue weighted by Crippen LogP contribution is -2.11. The number of rotatable bonds is 6. The first kappa shape index (κ1) is 19.0. The van der Waals surface area contributed by atoms with Gasteiger partial charge in [-0.05, 0) is 12.1 Å². The first-order valence-corrected chi connectivity index (χ1v) is 8.83. The Morgan fingerprint density at radius 3 is 2.77 bits per heavy atom. The van der Waals surface area contributed by atoms with Crippen LogP contribution in [0, 0.1) is 10.1 Å². The van der Waals surface area contributed by atoms with Gasteiger partial charge >= 0.3 is 11.6 Å². The van der Waals surface area contributed by atoms with Crippen molar-refractivity contribution in [2.45, 2.75) is 13.0 Å². The highest BCUT2D eigenvalue weighted by molar-refractivity contribution is 5.78. The molecule has 0 unspecified atom stereocenters. The predicted molar refractivity (Wildman–Crippen MR) is 104 cm³/mol. The smallest absolute Gasteiger partial charge is 0.362 e. The number of nitrogens with zero attached hydrogens (tertiary/aromatic N) is 4. The lowest BCUT2D eigenvalue weighted by Gasteiger charge is -2.03. The standard InChI is InChI=1S/C20H14N4O6/c25-19(10-13-5-1-3-7-16(13)24(27)28)29-12-15-11-23(22-21-15)17-9-14-6-2-4-8-18(14)30-20(17)26/h1-9,11H,10,12H2. The van der Waals surface area contributed by atoms with Gasteiger partial charge < -0.3 is 9.15 Å². The van der Waals surface area contributed by atoms with Crippen LogP contribution in [0.25, 0.3) is 16.7 Å². The van der Waals surface area contributed by atoms with E-state index in [1.165, 1.54) is 29.1 Å². The number of nitro groups is 1. The van der Waals surface area contributed by atoms with Crippen molar-refractivity contribution in [3.8, 4) is 5.69 Å². The van der Waals surface area contributed by atoms with E-state index in [0.717, 1.165) is 5.39 Å². The van der Waals surface area contributed by atoms with Crippen LogP contribution in [0.5, 0.6) is 0 Å². The molecule has 0 saturated carbocycles. The molecule has 2 aromatic heterocycles. The molecule has 0 radical (unpaired) electrons. The lowest BCUT2D eigenvalue weighted by molar-refractivity contribution is -0.385. The molecule has 10 heteroatoms. The Bertz CT molecular complexity index is 1310. The van der Waals surface area contributed by atoms with Crippen LogP contribution >= 0.6 is 0 Å². The Hall–Kier alpha value is -4.34. The Kier molecular flexibility index (Phi) is 5.04. The second-order valence-corrected chi connectivity index (χ2v) is 6.33. The van der Waals surface area contributed by atoms with Crippen molar-refractivity contribution in [2.24, 2.45) is 0 Å². The summed E-state index contributed by atoms with van der Waals surface area (Å²) in [6.45, 7) is -0.196. The molecule has 4 rings (SSSR count). The fourth-order valence-corrected chi connectivity index (χ4v) is 2.89. The van der Waals surface area contributed by atoms with Gasteiger partial charge in [0.15, 0.2) is 5.69 Å². The molecule has 0 aliphatic carbocycles. The molecule has 0 fully saturated rings. The van der Waals surface area contributed by atoms with Gasteiger partial charge in [-0.1, -0.05) is 41.6 Å². The molecule has 0 amide bonds. The average Bonchev–Trinajstić information content (AvgIpc) is 3.21. The normalized spacial score (nSPS) is 10.8. The Morgan fingerprint density at radius 1 is 1.17 bits per heavy atom. The largest absolute Gasteiger partial charge is 0.459 e. The topological polar surface area (TPSA) is 130 Å². The van der Waals surface area contributed by atoms with Gasteiger partial charge in [-0.3, -0.25) is 14.9 Å². The van der Waals surface area contributed by atoms with Crippen molar-refractivity contribution in [3.63, 3.8) is 0 Å². The molecular weight excluding hydrogens is 392 g/mol. The molecule has 2 aromatic carbocycles. The van der Waals surface area contributed by atoms with E-state index in [1.54, 1.807) is 30.3 Å². The summed E-state index contributed by atoms with van der Waals surface area (Å²) in [4.78, 5) is 34.8. The molecule has 0 aliphatic heterocycles. The molecule has 0 atom stereocenters. The Balaban J connectivity index is 1.46. The van der Waals surface area contributed by atoms with Gasteiger partial charge in [-0.2, -0.15) is 0 Å². The number of para-hydroxylation sites is 2. The zero-order valence-corrected chi connectivity index (χ0v) is 15.4. The number of benzene rings is 2. The van der Waals surface area contributed by atoms with Gasteiger partial charge in [0.05, 0.1) is 17.5 Å². The van der Waals surface area contributed by atoms with Crippen molar-refractivity contribution in [2.75, 3.05) is 0 Å². The van der Waals surface area contributed by atoms with Gasteiger partial charge in [0, 0.05) is 17.0 Å². The maximum absolute atomic E-state index is 12.2. The van der Waals surface area contributed by atoms with Crippen LogP contribution in [0.2, 0.25) is 0 Å². The number of fused-ring (bicyclic) bond motifs is 1. The molecule has 2 heterocycles. The molecule has 0 N–H and O–H groups in total. The highest BCUT2D eigenvalue weighted by atomic mass is 16.6. The van der Waals surface area contributed by atoms with Gasteiger partial charge in [0.1, 0.15) is 17.9 Å². The van der Waals surface area contributed by atoms with Gasteiger partial charge in [0.25, 0.3) is 5.69 Å². The summed E-state index contributed by atoms with van der Waals surface area (Å²) in [6.07, 6.45) is 1.19. The van der Waals surface area contributed by atoms with E-state index in [4.69, 9.17) is 9.15 Å². The fourth-order valence-electron chi connectivity index (χ4n) is 2.89. The van der Waals surface area contributed by atoms with Crippen LogP contribution in [-0.4, -0.2) is 25.9 Å². The zero-order chi connectivity index (χ0) is 21.1. The number of ether oxygens (including phenoxy) is 1. The number of hydrogen-bond acceptors (Lipinski definition) is 8. The van der Waals surface area contributed by atoms with Crippen molar-refractivity contribution >= 4 is 22.6 Å². The second-order valence-electron chi connectivity index (χ2n) is 6.33. The average molecular weight is 406 g/mol. The number of carbonyl (C=O) groups excluding carboxylic acids is 1. The fraction of sp³-hybridized carbons (Fsp3) is 0.100. The third-order valence-electron chi connectivity index (χ3n) is 4.31. The first-order chi connectivity index (χ1) is 14.5. The van der Waals surface area contributed by atoms with Gasteiger partial charge in [0.2, 0.25) is 0 Å². The van der Waals surface area contributed by atoms with E-state index >= 15 is 0 Å². The quantitative estimate of drug-likeness (QED) is 0.207. The summed E-state index contributed by atoms with van der Waals surface area (Å²) in [7, 11) is 0. The number of aromatic nitrogens is 3. The summed E-state index contributed by atoms with van der Waals surface area (Å²) in [5.74, 6) is -0.649. The molecule has 150 valence electrons. The maximum atomic E-state index is 12.2. The van der Waals surface area contributed by atoms with Gasteiger partial charge in [-0.25, -0.2) is 9.48 Å². The van der Waals surface area contributed by atoms with E-state index in [-0.39, 0.29) is 30.0 Å². The number of esters is 1. The number of nitro benzene ring substituents is 1. The number of carbonyl (C=O) groups is 1. The molecule has 4 aromatic rings. The highest BCUT2D eigenvalue weighted by Gasteiger charge is 2.17. The maximum Gasteiger partial charge on any atom is 0.362 e.